The van der Waals surface area contributed by atoms with Gasteiger partial charge in [0.05, 0.1) is 5.56 Å². The second-order valence-electron chi connectivity index (χ2n) is 4.75. The molecule has 0 unspecified atom stereocenters. The third-order valence-corrected chi connectivity index (χ3v) is 4.64. The first-order chi connectivity index (χ1) is 10.1. The zero-order valence-electron chi connectivity index (χ0n) is 11.4. The van der Waals surface area contributed by atoms with E-state index in [1.807, 2.05) is 0 Å². The molecule has 1 aliphatic rings. The zero-order chi connectivity index (χ0) is 15.2. The second kappa shape index (κ2) is 7.34. The number of hydrogen-bond donors (Lipinski definition) is 2. The summed E-state index contributed by atoms with van der Waals surface area (Å²) in [5.41, 5.74) is 0.377. The first kappa shape index (κ1) is 15.7. The zero-order valence-corrected chi connectivity index (χ0v) is 12.2. The number of amides is 1. The molecule has 1 saturated heterocycles. The molecule has 1 fully saturated rings. The van der Waals surface area contributed by atoms with Gasteiger partial charge in [0.1, 0.15) is 12.4 Å². The molecule has 1 heterocycles. The topological polar surface area (TPSA) is 66.4 Å². The summed E-state index contributed by atoms with van der Waals surface area (Å²) in [6.45, 7) is -0.343. The van der Waals surface area contributed by atoms with Gasteiger partial charge in [-0.3, -0.25) is 9.00 Å². The normalized spacial score (nSPS) is 21.2. The van der Waals surface area contributed by atoms with Crippen molar-refractivity contribution >= 4 is 16.7 Å². The Balaban J connectivity index is 2.02. The third kappa shape index (κ3) is 4.38. The Hall–Kier alpha value is -1.71. The molecular weight excluding hydrogens is 293 g/mol. The summed E-state index contributed by atoms with van der Waals surface area (Å²) < 4.78 is 25.0. The molecule has 0 radical (unpaired) electrons. The van der Waals surface area contributed by atoms with E-state index in [9.17, 15) is 13.4 Å². The predicted molar refractivity (Wildman–Crippen MR) is 78.7 cm³/mol. The van der Waals surface area contributed by atoms with Gasteiger partial charge in [0.15, 0.2) is 0 Å². The average Bonchev–Trinajstić information content (AvgIpc) is 2.48. The highest BCUT2D eigenvalue weighted by molar-refractivity contribution is 7.85. The summed E-state index contributed by atoms with van der Waals surface area (Å²) >= 11 is 0. The number of carbonyl (C=O) groups excluding carboxylic acids is 1. The van der Waals surface area contributed by atoms with E-state index in [1.165, 1.54) is 12.1 Å². The van der Waals surface area contributed by atoms with Crippen molar-refractivity contribution in [3.63, 3.8) is 0 Å². The summed E-state index contributed by atoms with van der Waals surface area (Å²) in [5.74, 6) is 5.09. The Morgan fingerprint density at radius 2 is 2.14 bits per heavy atom. The molecule has 0 bridgehead atoms. The average molecular weight is 309 g/mol. The van der Waals surface area contributed by atoms with Crippen LogP contribution in [0.15, 0.2) is 18.2 Å². The van der Waals surface area contributed by atoms with Gasteiger partial charge in [-0.05, 0) is 31.0 Å². The molecule has 2 rings (SSSR count). The number of rotatable bonds is 2. The molecule has 0 atom stereocenters. The lowest BCUT2D eigenvalue weighted by molar-refractivity contribution is 0.0934. The Morgan fingerprint density at radius 3 is 2.76 bits per heavy atom. The molecule has 1 aromatic rings. The van der Waals surface area contributed by atoms with Crippen molar-refractivity contribution in [3.05, 3.63) is 35.1 Å². The molecule has 2 N–H and O–H groups in total. The Labute approximate surface area is 125 Å². The number of carbonyl (C=O) groups is 1. The highest BCUT2D eigenvalue weighted by Crippen LogP contribution is 2.13. The lowest BCUT2D eigenvalue weighted by Gasteiger charge is -2.22. The lowest BCUT2D eigenvalue weighted by Crippen LogP contribution is -2.39. The molecule has 1 aliphatic heterocycles. The van der Waals surface area contributed by atoms with Gasteiger partial charge in [-0.25, -0.2) is 4.39 Å². The predicted octanol–water partition coefficient (Wildman–Crippen LogP) is 0.810. The summed E-state index contributed by atoms with van der Waals surface area (Å²) in [4.78, 5) is 12.0. The van der Waals surface area contributed by atoms with Crippen LogP contribution in [0.4, 0.5) is 4.39 Å². The van der Waals surface area contributed by atoms with Crippen molar-refractivity contribution in [2.45, 2.75) is 18.9 Å². The first-order valence-corrected chi connectivity index (χ1v) is 8.14. The van der Waals surface area contributed by atoms with E-state index < -0.39 is 16.6 Å². The molecule has 112 valence electrons. The van der Waals surface area contributed by atoms with Crippen LogP contribution in [0.5, 0.6) is 0 Å². The minimum atomic E-state index is -0.777. The Bertz CT molecular complexity index is 611. The van der Waals surface area contributed by atoms with E-state index in [1.54, 1.807) is 0 Å². The number of hydrogen-bond acceptors (Lipinski definition) is 3. The van der Waals surface area contributed by atoms with Crippen molar-refractivity contribution in [1.29, 1.82) is 0 Å². The maximum atomic E-state index is 13.8. The fourth-order valence-corrected chi connectivity index (χ4v) is 3.40. The van der Waals surface area contributed by atoms with Crippen molar-refractivity contribution in [2.75, 3.05) is 18.1 Å². The van der Waals surface area contributed by atoms with Crippen molar-refractivity contribution < 1.29 is 18.5 Å². The van der Waals surface area contributed by atoms with E-state index in [0.29, 0.717) is 24.3 Å². The maximum Gasteiger partial charge on any atom is 0.251 e. The quantitative estimate of drug-likeness (QED) is 0.795. The van der Waals surface area contributed by atoms with Gasteiger partial charge in [0.25, 0.3) is 5.91 Å². The number of halogens is 1. The van der Waals surface area contributed by atoms with E-state index in [0.717, 1.165) is 6.07 Å². The van der Waals surface area contributed by atoms with Gasteiger partial charge in [-0.1, -0.05) is 11.8 Å². The van der Waals surface area contributed by atoms with Crippen LogP contribution in [0.1, 0.15) is 28.8 Å². The van der Waals surface area contributed by atoms with Crippen molar-refractivity contribution in [2.24, 2.45) is 0 Å². The highest BCUT2D eigenvalue weighted by atomic mass is 32.2. The molecule has 0 saturated carbocycles. The molecule has 1 aromatic carbocycles. The lowest BCUT2D eigenvalue weighted by atomic mass is 10.1. The van der Waals surface area contributed by atoms with Gasteiger partial charge in [0, 0.05) is 33.9 Å². The van der Waals surface area contributed by atoms with E-state index >= 15 is 0 Å². The minimum absolute atomic E-state index is 0.00730. The molecule has 0 spiro atoms. The molecule has 0 aliphatic carbocycles. The van der Waals surface area contributed by atoms with Crippen LogP contribution in [0.2, 0.25) is 0 Å². The molecule has 6 heteroatoms. The van der Waals surface area contributed by atoms with Crippen LogP contribution in [0.3, 0.4) is 0 Å². The molecule has 4 nitrogen and oxygen atoms in total. The third-order valence-electron chi connectivity index (χ3n) is 3.26. The fraction of sp³-hybridized carbons (Fsp3) is 0.400. The molecular formula is C15H16FNO3S. The SMILES string of the molecule is O=C(NC1CCS(=O)CC1)c1ccc(C#CCO)c(F)c1. The fourth-order valence-electron chi connectivity index (χ4n) is 2.10. The number of aliphatic hydroxyl groups is 1. The van der Waals surface area contributed by atoms with E-state index in [2.05, 4.69) is 17.2 Å². The summed E-state index contributed by atoms with van der Waals surface area (Å²) in [5, 5.41) is 11.4. The van der Waals surface area contributed by atoms with Crippen LogP contribution in [-0.4, -0.2) is 39.4 Å². The van der Waals surface area contributed by atoms with Crippen LogP contribution in [0, 0.1) is 17.7 Å². The maximum absolute atomic E-state index is 13.8. The second-order valence-corrected chi connectivity index (χ2v) is 6.45. The highest BCUT2D eigenvalue weighted by Gasteiger charge is 2.20. The summed E-state index contributed by atoms with van der Waals surface area (Å²) in [6.07, 6.45) is 1.36. The number of benzene rings is 1. The standard InChI is InChI=1S/C15H16FNO3S/c16-14-10-12(4-3-11(14)2-1-7-18)15(19)17-13-5-8-21(20)9-6-13/h3-4,10,13,18H,5-9H2,(H,17,19). The summed E-state index contributed by atoms with van der Waals surface area (Å²) in [7, 11) is -0.777. The number of aliphatic hydroxyl groups excluding tert-OH is 1. The van der Waals surface area contributed by atoms with Gasteiger partial charge < -0.3 is 10.4 Å². The van der Waals surface area contributed by atoms with E-state index in [4.69, 9.17) is 5.11 Å². The molecule has 1 amide bonds. The van der Waals surface area contributed by atoms with Crippen molar-refractivity contribution in [3.8, 4) is 11.8 Å². The van der Waals surface area contributed by atoms with Crippen LogP contribution < -0.4 is 5.32 Å². The van der Waals surface area contributed by atoms with Gasteiger partial charge >= 0.3 is 0 Å². The van der Waals surface area contributed by atoms with Crippen molar-refractivity contribution in [1.82, 2.24) is 5.32 Å². The van der Waals surface area contributed by atoms with Gasteiger partial charge in [-0.2, -0.15) is 0 Å². The minimum Gasteiger partial charge on any atom is -0.384 e. The number of nitrogens with one attached hydrogen (secondary N) is 1. The molecule has 21 heavy (non-hydrogen) atoms. The Morgan fingerprint density at radius 1 is 1.43 bits per heavy atom. The van der Waals surface area contributed by atoms with Gasteiger partial charge in [0.2, 0.25) is 0 Å². The molecule has 0 aromatic heterocycles. The van der Waals surface area contributed by atoms with Crippen LogP contribution in [-0.2, 0) is 10.8 Å². The van der Waals surface area contributed by atoms with E-state index in [-0.39, 0.29) is 29.7 Å². The smallest absolute Gasteiger partial charge is 0.251 e. The Kier molecular flexibility index (Phi) is 5.48. The van der Waals surface area contributed by atoms with Crippen LogP contribution in [0.25, 0.3) is 0 Å². The first-order valence-electron chi connectivity index (χ1n) is 6.65. The van der Waals surface area contributed by atoms with Gasteiger partial charge in [-0.15, -0.1) is 0 Å². The largest absolute Gasteiger partial charge is 0.384 e. The van der Waals surface area contributed by atoms with Crippen LogP contribution >= 0.6 is 0 Å². The monoisotopic (exact) mass is 309 g/mol. The summed E-state index contributed by atoms with van der Waals surface area (Å²) in [6, 6.07) is 4.05.